The highest BCUT2D eigenvalue weighted by atomic mass is 16.5. The van der Waals surface area contributed by atoms with Crippen LogP contribution in [0.5, 0.6) is 0 Å². The number of ether oxygens (including phenoxy) is 1. The standard InChI is InChI=1S/C20H32N4O2/c1-5-26-19(25)18-9-11-24(12-10-18)20(21-2)22-14-16-7-6-8-17(13-16)15-23(3)4/h6-8,13,18H,5,9-12,14-15H2,1-4H3,(H,21,22). The van der Waals surface area contributed by atoms with E-state index in [9.17, 15) is 4.79 Å². The Morgan fingerprint density at radius 1 is 1.31 bits per heavy atom. The molecule has 0 bridgehead atoms. The molecule has 0 spiro atoms. The summed E-state index contributed by atoms with van der Waals surface area (Å²) in [5.41, 5.74) is 2.55. The van der Waals surface area contributed by atoms with E-state index >= 15 is 0 Å². The van der Waals surface area contributed by atoms with E-state index in [4.69, 9.17) is 4.74 Å². The van der Waals surface area contributed by atoms with Gasteiger partial charge >= 0.3 is 5.97 Å². The van der Waals surface area contributed by atoms with Gasteiger partial charge in [-0.2, -0.15) is 0 Å². The van der Waals surface area contributed by atoms with E-state index in [-0.39, 0.29) is 11.9 Å². The summed E-state index contributed by atoms with van der Waals surface area (Å²) in [7, 11) is 5.96. The van der Waals surface area contributed by atoms with Gasteiger partial charge in [-0.1, -0.05) is 24.3 Å². The smallest absolute Gasteiger partial charge is 0.309 e. The second kappa shape index (κ2) is 10.2. The van der Waals surface area contributed by atoms with Gasteiger partial charge in [0.1, 0.15) is 0 Å². The number of guanidine groups is 1. The molecule has 6 nitrogen and oxygen atoms in total. The summed E-state index contributed by atoms with van der Waals surface area (Å²) in [6, 6.07) is 8.61. The van der Waals surface area contributed by atoms with Crippen LogP contribution < -0.4 is 5.32 Å². The summed E-state index contributed by atoms with van der Waals surface area (Å²) < 4.78 is 5.14. The molecule has 0 amide bonds. The minimum atomic E-state index is -0.0622. The van der Waals surface area contributed by atoms with Crippen LogP contribution in [-0.4, -0.2) is 62.6 Å². The predicted molar refractivity (Wildman–Crippen MR) is 105 cm³/mol. The molecule has 144 valence electrons. The molecule has 1 fully saturated rings. The highest BCUT2D eigenvalue weighted by molar-refractivity contribution is 5.80. The van der Waals surface area contributed by atoms with Gasteiger partial charge in [0.2, 0.25) is 0 Å². The normalized spacial score (nSPS) is 16.0. The van der Waals surface area contributed by atoms with E-state index in [1.807, 2.05) is 14.0 Å². The number of aliphatic imine (C=N–C) groups is 1. The first-order valence-corrected chi connectivity index (χ1v) is 9.38. The van der Waals surface area contributed by atoms with Crippen molar-refractivity contribution in [2.75, 3.05) is 40.8 Å². The SMILES string of the molecule is CCOC(=O)C1CCN(C(=NC)NCc2cccc(CN(C)C)c2)CC1. The monoisotopic (exact) mass is 360 g/mol. The molecular weight excluding hydrogens is 328 g/mol. The van der Waals surface area contributed by atoms with Gasteiger partial charge in [-0.15, -0.1) is 0 Å². The summed E-state index contributed by atoms with van der Waals surface area (Å²) >= 11 is 0. The number of nitrogens with one attached hydrogen (secondary N) is 1. The minimum Gasteiger partial charge on any atom is -0.466 e. The molecule has 1 aromatic carbocycles. The molecule has 6 heteroatoms. The zero-order chi connectivity index (χ0) is 18.9. The van der Waals surface area contributed by atoms with Gasteiger partial charge in [0, 0.05) is 33.2 Å². The molecule has 1 aromatic rings. The van der Waals surface area contributed by atoms with Crippen molar-refractivity contribution in [3.8, 4) is 0 Å². The molecule has 1 aliphatic heterocycles. The van der Waals surface area contributed by atoms with Gasteiger partial charge in [-0.3, -0.25) is 9.79 Å². The van der Waals surface area contributed by atoms with Gasteiger partial charge in [-0.25, -0.2) is 0 Å². The third kappa shape index (κ3) is 6.02. The minimum absolute atomic E-state index is 0.0204. The molecule has 1 heterocycles. The molecule has 1 N–H and O–H groups in total. The lowest BCUT2D eigenvalue weighted by molar-refractivity contribution is -0.149. The first-order chi connectivity index (χ1) is 12.5. The largest absolute Gasteiger partial charge is 0.466 e. The quantitative estimate of drug-likeness (QED) is 0.478. The third-order valence-electron chi connectivity index (χ3n) is 4.57. The first kappa shape index (κ1) is 20.2. The Kier molecular flexibility index (Phi) is 7.91. The number of rotatable bonds is 6. The molecule has 1 aliphatic rings. The van der Waals surface area contributed by atoms with Crippen molar-refractivity contribution in [3.63, 3.8) is 0 Å². The molecule has 0 aromatic heterocycles. The molecule has 0 unspecified atom stereocenters. The average molecular weight is 361 g/mol. The Labute approximate surface area is 157 Å². The van der Waals surface area contributed by atoms with Crippen molar-refractivity contribution in [1.29, 1.82) is 0 Å². The van der Waals surface area contributed by atoms with Crippen molar-refractivity contribution in [1.82, 2.24) is 15.1 Å². The van der Waals surface area contributed by atoms with Gasteiger partial charge < -0.3 is 19.9 Å². The number of hydrogen-bond acceptors (Lipinski definition) is 4. The van der Waals surface area contributed by atoms with E-state index in [1.54, 1.807) is 0 Å². The van der Waals surface area contributed by atoms with Gasteiger partial charge in [0.15, 0.2) is 5.96 Å². The van der Waals surface area contributed by atoms with E-state index in [0.29, 0.717) is 6.61 Å². The van der Waals surface area contributed by atoms with Crippen molar-refractivity contribution < 1.29 is 9.53 Å². The lowest BCUT2D eigenvalue weighted by Crippen LogP contribution is -2.46. The summed E-state index contributed by atoms with van der Waals surface area (Å²) in [6.07, 6.45) is 1.63. The fourth-order valence-corrected chi connectivity index (χ4v) is 3.30. The summed E-state index contributed by atoms with van der Waals surface area (Å²) in [6.45, 7) is 5.63. The topological polar surface area (TPSA) is 57.2 Å². The Morgan fingerprint density at radius 2 is 2.00 bits per heavy atom. The predicted octanol–water partition coefficient (Wildman–Crippen LogP) is 2.10. The number of carbonyl (C=O) groups is 1. The molecule has 2 rings (SSSR count). The van der Waals surface area contributed by atoms with Crippen molar-refractivity contribution >= 4 is 11.9 Å². The highest BCUT2D eigenvalue weighted by Crippen LogP contribution is 2.19. The summed E-state index contributed by atoms with van der Waals surface area (Å²) in [4.78, 5) is 20.7. The van der Waals surface area contributed by atoms with Crippen molar-refractivity contribution in [2.45, 2.75) is 32.9 Å². The van der Waals surface area contributed by atoms with Crippen molar-refractivity contribution in [3.05, 3.63) is 35.4 Å². The van der Waals surface area contributed by atoms with Crippen LogP contribution >= 0.6 is 0 Å². The van der Waals surface area contributed by atoms with Crippen LogP contribution in [0.4, 0.5) is 0 Å². The number of hydrogen-bond donors (Lipinski definition) is 1. The van der Waals surface area contributed by atoms with E-state index < -0.39 is 0 Å². The zero-order valence-electron chi connectivity index (χ0n) is 16.5. The third-order valence-corrected chi connectivity index (χ3v) is 4.57. The van der Waals surface area contributed by atoms with Crippen LogP contribution in [0.2, 0.25) is 0 Å². The maximum absolute atomic E-state index is 11.9. The lowest BCUT2D eigenvalue weighted by atomic mass is 9.97. The first-order valence-electron chi connectivity index (χ1n) is 9.38. The van der Waals surface area contributed by atoms with Crippen LogP contribution in [0.1, 0.15) is 30.9 Å². The second-order valence-electron chi connectivity index (χ2n) is 6.97. The number of carbonyl (C=O) groups excluding carboxylic acids is 1. The average Bonchev–Trinajstić information content (AvgIpc) is 2.63. The fraction of sp³-hybridized carbons (Fsp3) is 0.600. The molecular formula is C20H32N4O2. The molecule has 26 heavy (non-hydrogen) atoms. The lowest BCUT2D eigenvalue weighted by Gasteiger charge is -2.33. The van der Waals surface area contributed by atoms with Crippen LogP contribution in [0.25, 0.3) is 0 Å². The Bertz CT molecular complexity index is 608. The second-order valence-corrected chi connectivity index (χ2v) is 6.97. The Balaban J connectivity index is 1.86. The maximum atomic E-state index is 11.9. The number of nitrogens with zero attached hydrogens (tertiary/aromatic N) is 3. The Hall–Kier alpha value is -2.08. The molecule has 0 atom stereocenters. The highest BCUT2D eigenvalue weighted by Gasteiger charge is 2.27. The van der Waals surface area contributed by atoms with E-state index in [2.05, 4.69) is 58.5 Å². The van der Waals surface area contributed by atoms with Crippen LogP contribution in [0, 0.1) is 5.92 Å². The number of esters is 1. The van der Waals surface area contributed by atoms with Crippen LogP contribution in [0.3, 0.4) is 0 Å². The van der Waals surface area contributed by atoms with Crippen LogP contribution in [-0.2, 0) is 22.6 Å². The van der Waals surface area contributed by atoms with Gasteiger partial charge in [0.05, 0.1) is 12.5 Å². The van der Waals surface area contributed by atoms with E-state index in [1.165, 1.54) is 11.1 Å². The van der Waals surface area contributed by atoms with Gasteiger partial charge in [-0.05, 0) is 45.0 Å². The number of likely N-dealkylation sites (tertiary alicyclic amines) is 1. The number of piperidine rings is 1. The molecule has 1 saturated heterocycles. The number of benzene rings is 1. The molecule has 0 radical (unpaired) electrons. The zero-order valence-corrected chi connectivity index (χ0v) is 16.5. The van der Waals surface area contributed by atoms with Gasteiger partial charge in [0.25, 0.3) is 0 Å². The molecule has 0 aliphatic carbocycles. The Morgan fingerprint density at radius 3 is 2.62 bits per heavy atom. The van der Waals surface area contributed by atoms with E-state index in [0.717, 1.165) is 45.0 Å². The summed E-state index contributed by atoms with van der Waals surface area (Å²) in [5, 5.41) is 3.45. The van der Waals surface area contributed by atoms with Crippen molar-refractivity contribution in [2.24, 2.45) is 10.9 Å². The van der Waals surface area contributed by atoms with Crippen LogP contribution in [0.15, 0.2) is 29.3 Å². The fourth-order valence-electron chi connectivity index (χ4n) is 3.30. The maximum Gasteiger partial charge on any atom is 0.309 e. The molecule has 0 saturated carbocycles. The summed E-state index contributed by atoms with van der Waals surface area (Å²) in [5.74, 6) is 0.852.